The number of pyridine rings is 4. The minimum absolute atomic E-state index is 0.816. The van der Waals surface area contributed by atoms with Gasteiger partial charge in [-0.25, -0.2) is 9.97 Å². The van der Waals surface area contributed by atoms with E-state index in [9.17, 15) is 0 Å². The van der Waals surface area contributed by atoms with Crippen LogP contribution in [0.5, 0.6) is 0 Å². The summed E-state index contributed by atoms with van der Waals surface area (Å²) in [4.78, 5) is 18.7. The average molecular weight is 412 g/mol. The first-order valence-electron chi connectivity index (χ1n) is 10.4. The van der Waals surface area contributed by atoms with Gasteiger partial charge >= 0.3 is 0 Å². The van der Waals surface area contributed by atoms with Crippen molar-refractivity contribution in [1.29, 1.82) is 0 Å². The molecule has 0 atom stereocenters. The van der Waals surface area contributed by atoms with E-state index in [-0.39, 0.29) is 0 Å². The lowest BCUT2D eigenvalue weighted by molar-refractivity contribution is 1.06. The maximum Gasteiger partial charge on any atom is 0.150 e. The number of fused-ring (bicyclic) bond motifs is 7. The molecule has 0 fully saturated rings. The summed E-state index contributed by atoms with van der Waals surface area (Å²) in [6.07, 6.45) is 9.34. The quantitative estimate of drug-likeness (QED) is 0.378. The highest BCUT2D eigenvalue weighted by Crippen LogP contribution is 2.39. The zero-order valence-corrected chi connectivity index (χ0v) is 16.9. The van der Waals surface area contributed by atoms with E-state index in [0.29, 0.717) is 0 Å². The van der Waals surface area contributed by atoms with Crippen molar-refractivity contribution in [3.63, 3.8) is 0 Å². The van der Waals surface area contributed by atoms with Crippen LogP contribution in [0, 0.1) is 0 Å². The summed E-state index contributed by atoms with van der Waals surface area (Å²) in [6, 6.07) is 22.3. The molecule has 150 valence electrons. The van der Waals surface area contributed by atoms with Gasteiger partial charge in [-0.15, -0.1) is 0 Å². The molecule has 0 saturated heterocycles. The third-order valence-corrected chi connectivity index (χ3v) is 5.95. The van der Waals surface area contributed by atoms with E-state index < -0.39 is 0 Å². The van der Waals surface area contributed by atoms with Gasteiger partial charge in [-0.3, -0.25) is 14.5 Å². The molecular formula is C26H16N6. The highest BCUT2D eigenvalue weighted by Gasteiger charge is 2.22. The number of para-hydroxylation sites is 1. The van der Waals surface area contributed by atoms with Gasteiger partial charge in [0.2, 0.25) is 0 Å². The summed E-state index contributed by atoms with van der Waals surface area (Å²) in [5.41, 5.74) is 5.89. The van der Waals surface area contributed by atoms with Crippen LogP contribution in [-0.2, 0) is 0 Å². The van der Waals surface area contributed by atoms with Crippen molar-refractivity contribution in [3.8, 4) is 11.5 Å². The Morgan fingerprint density at radius 3 is 2.34 bits per heavy atom. The monoisotopic (exact) mass is 412 g/mol. The second kappa shape index (κ2) is 6.46. The predicted octanol–water partition coefficient (Wildman–Crippen LogP) is 5.46. The average Bonchev–Trinajstić information content (AvgIpc) is 3.38. The van der Waals surface area contributed by atoms with Crippen LogP contribution in [0.2, 0.25) is 0 Å². The summed E-state index contributed by atoms with van der Waals surface area (Å²) >= 11 is 0. The molecule has 6 aromatic heterocycles. The first-order chi connectivity index (χ1) is 15.9. The van der Waals surface area contributed by atoms with Crippen LogP contribution in [0.4, 0.5) is 0 Å². The minimum Gasteiger partial charge on any atom is -0.307 e. The van der Waals surface area contributed by atoms with E-state index in [4.69, 9.17) is 9.97 Å². The van der Waals surface area contributed by atoms with E-state index in [1.165, 1.54) is 0 Å². The van der Waals surface area contributed by atoms with Crippen LogP contribution >= 0.6 is 0 Å². The fraction of sp³-hybridized carbons (Fsp3) is 0. The molecule has 0 aliphatic carbocycles. The molecular weight excluding hydrogens is 396 g/mol. The molecule has 0 radical (unpaired) electrons. The Hall–Kier alpha value is -4.58. The number of hydrogen-bond donors (Lipinski definition) is 0. The summed E-state index contributed by atoms with van der Waals surface area (Å²) in [5.74, 6) is 0.816. The van der Waals surface area contributed by atoms with Crippen molar-refractivity contribution < 1.29 is 0 Å². The van der Waals surface area contributed by atoms with Crippen LogP contribution in [0.15, 0.2) is 97.7 Å². The largest absolute Gasteiger partial charge is 0.307 e. The Morgan fingerprint density at radius 2 is 1.47 bits per heavy atom. The summed E-state index contributed by atoms with van der Waals surface area (Å²) in [6.45, 7) is 0. The fourth-order valence-electron chi connectivity index (χ4n) is 4.67. The van der Waals surface area contributed by atoms with E-state index in [1.807, 2.05) is 55.1 Å². The molecule has 0 amide bonds. The maximum atomic E-state index is 4.93. The molecule has 6 heterocycles. The number of rotatable bonds is 2. The van der Waals surface area contributed by atoms with Gasteiger partial charge in [0, 0.05) is 41.2 Å². The normalized spacial score (nSPS) is 11.8. The number of nitrogens with zero attached hydrogens (tertiary/aromatic N) is 6. The predicted molar refractivity (Wildman–Crippen MR) is 126 cm³/mol. The van der Waals surface area contributed by atoms with Crippen LogP contribution in [0.25, 0.3) is 55.4 Å². The van der Waals surface area contributed by atoms with Gasteiger partial charge in [-0.05, 0) is 42.5 Å². The summed E-state index contributed by atoms with van der Waals surface area (Å²) in [7, 11) is 0. The van der Waals surface area contributed by atoms with Gasteiger partial charge in [0.05, 0.1) is 28.1 Å². The van der Waals surface area contributed by atoms with Crippen molar-refractivity contribution in [2.75, 3.05) is 0 Å². The lowest BCUT2D eigenvalue weighted by atomic mass is 10.2. The smallest absolute Gasteiger partial charge is 0.150 e. The minimum atomic E-state index is 0.816. The molecule has 0 unspecified atom stereocenters. The lowest BCUT2D eigenvalue weighted by Gasteiger charge is -2.08. The van der Waals surface area contributed by atoms with Crippen LogP contribution in [-0.4, -0.2) is 29.1 Å². The van der Waals surface area contributed by atoms with E-state index in [1.54, 1.807) is 6.20 Å². The molecule has 1 aromatic carbocycles. The maximum absolute atomic E-state index is 4.93. The number of aromatic nitrogens is 6. The van der Waals surface area contributed by atoms with Crippen molar-refractivity contribution >= 4 is 43.9 Å². The van der Waals surface area contributed by atoms with Gasteiger partial charge in [0.1, 0.15) is 11.3 Å². The third-order valence-electron chi connectivity index (χ3n) is 5.95. The van der Waals surface area contributed by atoms with Crippen molar-refractivity contribution in [2.45, 2.75) is 0 Å². The Labute approximate surface area is 182 Å². The standard InChI is InChI=1S/C26H16N6/c1-2-7-17(8-3-1)31-21-16-27-14-11-18(21)19-15-30-26-23(25(19)31)24-20(9-6-13-29-24)32(26)22-10-4-5-12-28-22/h1-16H. The summed E-state index contributed by atoms with van der Waals surface area (Å²) in [5, 5.41) is 3.19. The molecule has 6 nitrogen and oxygen atoms in total. The highest BCUT2D eigenvalue weighted by atomic mass is 15.1. The molecule has 0 aliphatic rings. The van der Waals surface area contributed by atoms with Crippen LogP contribution in [0.3, 0.4) is 0 Å². The van der Waals surface area contributed by atoms with Crippen LogP contribution in [0.1, 0.15) is 0 Å². The van der Waals surface area contributed by atoms with Crippen molar-refractivity contribution in [3.05, 3.63) is 97.7 Å². The van der Waals surface area contributed by atoms with Gasteiger partial charge < -0.3 is 4.57 Å². The van der Waals surface area contributed by atoms with E-state index in [0.717, 1.165) is 55.4 Å². The Morgan fingerprint density at radius 1 is 0.594 bits per heavy atom. The van der Waals surface area contributed by atoms with Crippen LogP contribution < -0.4 is 0 Å². The molecule has 0 aliphatic heterocycles. The van der Waals surface area contributed by atoms with Gasteiger partial charge in [-0.2, -0.15) is 0 Å². The molecule has 0 saturated carbocycles. The highest BCUT2D eigenvalue weighted by molar-refractivity contribution is 6.23. The zero-order valence-electron chi connectivity index (χ0n) is 16.9. The molecule has 0 N–H and O–H groups in total. The zero-order chi connectivity index (χ0) is 21.1. The third kappa shape index (κ3) is 2.23. The molecule has 0 spiro atoms. The number of hydrogen-bond acceptors (Lipinski definition) is 4. The fourth-order valence-corrected chi connectivity index (χ4v) is 4.67. The van der Waals surface area contributed by atoms with Gasteiger partial charge in [-0.1, -0.05) is 24.3 Å². The first kappa shape index (κ1) is 17.1. The number of benzene rings is 1. The first-order valence-corrected chi connectivity index (χ1v) is 10.4. The topological polar surface area (TPSA) is 61.4 Å². The molecule has 7 rings (SSSR count). The van der Waals surface area contributed by atoms with Crippen molar-refractivity contribution in [1.82, 2.24) is 29.1 Å². The van der Waals surface area contributed by atoms with E-state index in [2.05, 4.69) is 55.5 Å². The van der Waals surface area contributed by atoms with E-state index >= 15 is 0 Å². The lowest BCUT2D eigenvalue weighted by Crippen LogP contribution is -1.98. The molecule has 32 heavy (non-hydrogen) atoms. The van der Waals surface area contributed by atoms with Gasteiger partial charge in [0.15, 0.2) is 5.65 Å². The molecule has 6 heteroatoms. The second-order valence-corrected chi connectivity index (χ2v) is 7.68. The van der Waals surface area contributed by atoms with Gasteiger partial charge in [0.25, 0.3) is 0 Å². The molecule has 0 bridgehead atoms. The Balaban J connectivity index is 1.77. The SMILES string of the molecule is c1ccc(-n2c3cnccc3c3cnc4c(c5ncccc5n4-c4ccccn4)c32)cc1. The second-order valence-electron chi connectivity index (χ2n) is 7.68. The summed E-state index contributed by atoms with van der Waals surface area (Å²) < 4.78 is 4.35. The van der Waals surface area contributed by atoms with Crippen molar-refractivity contribution in [2.24, 2.45) is 0 Å². The molecule has 7 aromatic rings. The Bertz CT molecular complexity index is 1760. The Kier molecular flexibility index (Phi) is 3.46.